The number of aliphatic hydroxyl groups excluding tert-OH is 1. The Morgan fingerprint density at radius 1 is 1.35 bits per heavy atom. The van der Waals surface area contributed by atoms with Crippen molar-refractivity contribution in [3.05, 3.63) is 69.0 Å². The molecular formula is C21H20F3NO. The van der Waals surface area contributed by atoms with Crippen LogP contribution in [0.25, 0.3) is 0 Å². The largest absolute Gasteiger partial charge is 0.385 e. The third kappa shape index (κ3) is 3.10. The van der Waals surface area contributed by atoms with E-state index in [0.717, 1.165) is 23.3 Å². The number of hydrogen-bond donors (Lipinski definition) is 1. The molecule has 0 heterocycles. The molecule has 2 nitrogen and oxygen atoms in total. The van der Waals surface area contributed by atoms with Gasteiger partial charge in [0.25, 0.3) is 0 Å². The molecule has 1 aliphatic rings. The second-order valence-corrected chi connectivity index (χ2v) is 6.78. The first-order valence-corrected chi connectivity index (χ1v) is 8.67. The first-order chi connectivity index (χ1) is 12.4. The molecule has 0 fully saturated rings. The topological polar surface area (TPSA) is 44.0 Å². The number of nitrogens with zero attached hydrogens (tertiary/aromatic N) is 1. The van der Waals surface area contributed by atoms with Gasteiger partial charge in [-0.05, 0) is 65.3 Å². The van der Waals surface area contributed by atoms with E-state index in [1.54, 1.807) is 13.0 Å². The predicted molar refractivity (Wildman–Crippen MR) is 92.8 cm³/mol. The Balaban J connectivity index is 2.13. The van der Waals surface area contributed by atoms with Crippen molar-refractivity contribution >= 4 is 0 Å². The molecule has 0 bridgehead atoms. The molecule has 0 radical (unpaired) electrons. The summed E-state index contributed by atoms with van der Waals surface area (Å²) in [4.78, 5) is 0. The number of benzene rings is 2. The predicted octanol–water partition coefficient (Wildman–Crippen LogP) is 4.94. The van der Waals surface area contributed by atoms with Crippen LogP contribution in [0.3, 0.4) is 0 Å². The van der Waals surface area contributed by atoms with Crippen molar-refractivity contribution in [2.45, 2.75) is 51.6 Å². The maximum atomic E-state index is 14.4. The van der Waals surface area contributed by atoms with Crippen molar-refractivity contribution in [3.63, 3.8) is 0 Å². The van der Waals surface area contributed by atoms with Crippen molar-refractivity contribution < 1.29 is 18.3 Å². The van der Waals surface area contributed by atoms with Gasteiger partial charge in [0.2, 0.25) is 0 Å². The molecule has 136 valence electrons. The van der Waals surface area contributed by atoms with Crippen molar-refractivity contribution in [3.8, 4) is 6.07 Å². The van der Waals surface area contributed by atoms with Crippen LogP contribution in [-0.4, -0.2) is 11.3 Å². The van der Waals surface area contributed by atoms with Crippen LogP contribution < -0.4 is 0 Å². The number of nitriles is 1. The summed E-state index contributed by atoms with van der Waals surface area (Å²) in [7, 11) is 0. The summed E-state index contributed by atoms with van der Waals surface area (Å²) in [6.07, 6.45) is -3.49. The SMILES string of the molecule is CCC(F)c1cc(F)cc(C#N)c1Cc1ccc(C)c2c1CC(F)C2O. The monoisotopic (exact) mass is 359 g/mol. The molecule has 0 spiro atoms. The molecule has 3 rings (SSSR count). The Morgan fingerprint density at radius 2 is 2.08 bits per heavy atom. The zero-order valence-electron chi connectivity index (χ0n) is 14.7. The number of hydrogen-bond acceptors (Lipinski definition) is 2. The summed E-state index contributed by atoms with van der Waals surface area (Å²) in [5, 5.41) is 19.5. The lowest BCUT2D eigenvalue weighted by Crippen LogP contribution is -2.06. The molecule has 26 heavy (non-hydrogen) atoms. The van der Waals surface area contributed by atoms with E-state index in [2.05, 4.69) is 0 Å². The van der Waals surface area contributed by atoms with E-state index in [1.165, 1.54) is 0 Å². The van der Waals surface area contributed by atoms with Gasteiger partial charge < -0.3 is 5.11 Å². The van der Waals surface area contributed by atoms with Gasteiger partial charge in [-0.25, -0.2) is 13.2 Å². The summed E-state index contributed by atoms with van der Waals surface area (Å²) in [6, 6.07) is 7.77. The molecule has 3 unspecified atom stereocenters. The zero-order chi connectivity index (χ0) is 19.0. The highest BCUT2D eigenvalue weighted by molar-refractivity contribution is 5.52. The molecule has 0 saturated heterocycles. The van der Waals surface area contributed by atoms with Crippen LogP contribution in [0.15, 0.2) is 24.3 Å². The van der Waals surface area contributed by atoms with E-state index in [0.29, 0.717) is 16.7 Å². The maximum Gasteiger partial charge on any atom is 0.134 e. The Labute approximate surface area is 150 Å². The van der Waals surface area contributed by atoms with Crippen molar-refractivity contribution in [1.29, 1.82) is 5.26 Å². The van der Waals surface area contributed by atoms with Crippen LogP contribution in [0, 0.1) is 24.1 Å². The fourth-order valence-electron chi connectivity index (χ4n) is 3.78. The van der Waals surface area contributed by atoms with E-state index >= 15 is 0 Å². The molecule has 0 aromatic heterocycles. The van der Waals surface area contributed by atoms with Crippen molar-refractivity contribution in [1.82, 2.24) is 0 Å². The van der Waals surface area contributed by atoms with Crippen molar-refractivity contribution in [2.24, 2.45) is 0 Å². The van der Waals surface area contributed by atoms with E-state index in [4.69, 9.17) is 0 Å². The number of alkyl halides is 2. The van der Waals surface area contributed by atoms with Crippen LogP contribution in [0.4, 0.5) is 13.2 Å². The molecular weight excluding hydrogens is 339 g/mol. The van der Waals surface area contributed by atoms with Gasteiger partial charge in [0.1, 0.15) is 24.3 Å². The Bertz CT molecular complexity index is 888. The number of aryl methyl sites for hydroxylation is 1. The quantitative estimate of drug-likeness (QED) is 0.840. The Kier molecular flexibility index (Phi) is 5.06. The van der Waals surface area contributed by atoms with Crippen LogP contribution in [-0.2, 0) is 12.8 Å². The fourth-order valence-corrected chi connectivity index (χ4v) is 3.78. The van der Waals surface area contributed by atoms with Crippen LogP contribution in [0.5, 0.6) is 0 Å². The average molecular weight is 359 g/mol. The Morgan fingerprint density at radius 3 is 2.73 bits per heavy atom. The summed E-state index contributed by atoms with van der Waals surface area (Å²) < 4.78 is 42.3. The molecule has 0 amide bonds. The van der Waals surface area contributed by atoms with Gasteiger partial charge in [0.05, 0.1) is 11.6 Å². The smallest absolute Gasteiger partial charge is 0.134 e. The highest BCUT2D eigenvalue weighted by Gasteiger charge is 2.34. The molecule has 2 aromatic carbocycles. The molecule has 1 aliphatic carbocycles. The molecule has 0 aliphatic heterocycles. The van der Waals surface area contributed by atoms with E-state index < -0.39 is 24.3 Å². The van der Waals surface area contributed by atoms with Gasteiger partial charge in [0.15, 0.2) is 0 Å². The average Bonchev–Trinajstić information content (AvgIpc) is 2.93. The van der Waals surface area contributed by atoms with E-state index in [-0.39, 0.29) is 30.4 Å². The summed E-state index contributed by atoms with van der Waals surface area (Å²) in [5.41, 5.74) is 3.48. The molecule has 3 atom stereocenters. The second kappa shape index (κ2) is 7.13. The van der Waals surface area contributed by atoms with E-state index in [1.807, 2.05) is 19.1 Å². The minimum absolute atomic E-state index is 0.0821. The van der Waals surface area contributed by atoms with Crippen molar-refractivity contribution in [2.75, 3.05) is 0 Å². The maximum absolute atomic E-state index is 14.4. The second-order valence-electron chi connectivity index (χ2n) is 6.78. The zero-order valence-corrected chi connectivity index (χ0v) is 14.7. The van der Waals surface area contributed by atoms with Gasteiger partial charge in [-0.2, -0.15) is 5.26 Å². The highest BCUT2D eigenvalue weighted by Crippen LogP contribution is 2.39. The molecule has 5 heteroatoms. The summed E-state index contributed by atoms with van der Waals surface area (Å²) >= 11 is 0. The first kappa shape index (κ1) is 18.5. The van der Waals surface area contributed by atoms with Gasteiger partial charge in [0, 0.05) is 6.42 Å². The fraction of sp³-hybridized carbons (Fsp3) is 0.381. The third-order valence-corrected chi connectivity index (χ3v) is 5.14. The molecule has 1 N–H and O–H groups in total. The standard InChI is InChI=1S/C21H20F3NO/c1-3-18(23)17-8-14(22)6-13(10-25)15(17)7-12-5-4-11(2)20-16(12)9-19(24)21(20)26/h4-6,8,18-19,21,26H,3,7,9H2,1-2H3. The van der Waals surface area contributed by atoms with Gasteiger partial charge in [-0.1, -0.05) is 19.1 Å². The lowest BCUT2D eigenvalue weighted by atomic mass is 9.88. The molecule has 0 saturated carbocycles. The number of aliphatic hydroxyl groups is 1. The highest BCUT2D eigenvalue weighted by atomic mass is 19.1. The summed E-state index contributed by atoms with van der Waals surface area (Å²) in [5.74, 6) is -0.648. The summed E-state index contributed by atoms with van der Waals surface area (Å²) in [6.45, 7) is 3.46. The van der Waals surface area contributed by atoms with Crippen LogP contribution >= 0.6 is 0 Å². The van der Waals surface area contributed by atoms with Gasteiger partial charge in [-0.3, -0.25) is 0 Å². The molecule has 2 aromatic rings. The van der Waals surface area contributed by atoms with E-state index in [9.17, 15) is 23.5 Å². The van der Waals surface area contributed by atoms with Crippen LogP contribution in [0.2, 0.25) is 0 Å². The first-order valence-electron chi connectivity index (χ1n) is 8.67. The minimum Gasteiger partial charge on any atom is -0.385 e. The lowest BCUT2D eigenvalue weighted by Gasteiger charge is -2.17. The van der Waals surface area contributed by atoms with Crippen LogP contribution in [0.1, 0.15) is 64.6 Å². The Hall–Kier alpha value is -2.32. The number of rotatable bonds is 4. The normalized spacial score (nSPS) is 19.9. The number of halogens is 3. The lowest BCUT2D eigenvalue weighted by molar-refractivity contribution is 0.0921. The van der Waals surface area contributed by atoms with Gasteiger partial charge >= 0.3 is 0 Å². The van der Waals surface area contributed by atoms with Gasteiger partial charge in [-0.15, -0.1) is 0 Å². The minimum atomic E-state index is -1.38. The number of fused-ring (bicyclic) bond motifs is 1. The third-order valence-electron chi connectivity index (χ3n) is 5.14.